The van der Waals surface area contributed by atoms with Gasteiger partial charge in [0.2, 0.25) is 0 Å². The molecule has 0 aromatic heterocycles. The monoisotopic (exact) mass is 446 g/mol. The van der Waals surface area contributed by atoms with Gasteiger partial charge in [0, 0.05) is 37.4 Å². The van der Waals surface area contributed by atoms with Gasteiger partial charge in [-0.15, -0.1) is 0 Å². The van der Waals surface area contributed by atoms with Crippen molar-refractivity contribution in [1.82, 2.24) is 10.2 Å². The number of amides is 4. The Bertz CT molecular complexity index is 864. The SMILES string of the molecule is C[C@H](OC(=O)CCCN1C(=O)NC(C)(C)C1=O)C(=O)Nc1ccc(N2CCOCC2)cc1. The number of anilines is 2. The van der Waals surface area contributed by atoms with Gasteiger partial charge in [-0.1, -0.05) is 0 Å². The van der Waals surface area contributed by atoms with E-state index in [0.717, 1.165) is 23.7 Å². The summed E-state index contributed by atoms with van der Waals surface area (Å²) in [7, 11) is 0. The highest BCUT2D eigenvalue weighted by atomic mass is 16.5. The Morgan fingerprint density at radius 1 is 1.19 bits per heavy atom. The quantitative estimate of drug-likeness (QED) is 0.459. The van der Waals surface area contributed by atoms with Gasteiger partial charge in [-0.2, -0.15) is 0 Å². The molecule has 4 amide bonds. The number of urea groups is 1. The molecule has 32 heavy (non-hydrogen) atoms. The molecule has 0 aliphatic carbocycles. The first-order valence-electron chi connectivity index (χ1n) is 10.7. The summed E-state index contributed by atoms with van der Waals surface area (Å²) in [6.45, 7) is 7.90. The topological polar surface area (TPSA) is 117 Å². The van der Waals surface area contributed by atoms with Gasteiger partial charge in [-0.25, -0.2) is 4.79 Å². The van der Waals surface area contributed by atoms with E-state index in [2.05, 4.69) is 15.5 Å². The fourth-order valence-corrected chi connectivity index (χ4v) is 3.53. The molecular weight excluding hydrogens is 416 g/mol. The van der Waals surface area contributed by atoms with Crippen LogP contribution in [0.3, 0.4) is 0 Å². The van der Waals surface area contributed by atoms with Crippen molar-refractivity contribution in [2.75, 3.05) is 43.1 Å². The Balaban J connectivity index is 1.40. The van der Waals surface area contributed by atoms with E-state index in [1.54, 1.807) is 26.0 Å². The zero-order chi connectivity index (χ0) is 23.3. The molecule has 1 aromatic rings. The van der Waals surface area contributed by atoms with E-state index in [1.165, 1.54) is 6.92 Å². The van der Waals surface area contributed by atoms with Gasteiger partial charge in [0.25, 0.3) is 11.8 Å². The Morgan fingerprint density at radius 3 is 2.44 bits per heavy atom. The van der Waals surface area contributed by atoms with Crippen molar-refractivity contribution < 1.29 is 28.7 Å². The van der Waals surface area contributed by atoms with Crippen molar-refractivity contribution in [1.29, 1.82) is 0 Å². The average Bonchev–Trinajstić information content (AvgIpc) is 2.96. The van der Waals surface area contributed by atoms with Crippen molar-refractivity contribution in [3.8, 4) is 0 Å². The van der Waals surface area contributed by atoms with Gasteiger partial charge in [-0.05, 0) is 51.5 Å². The highest BCUT2D eigenvalue weighted by Crippen LogP contribution is 2.20. The number of hydrogen-bond donors (Lipinski definition) is 2. The predicted molar refractivity (Wildman–Crippen MR) is 117 cm³/mol. The molecular formula is C22H30N4O6. The lowest BCUT2D eigenvalue weighted by Crippen LogP contribution is -2.40. The van der Waals surface area contributed by atoms with Crippen molar-refractivity contribution in [2.45, 2.75) is 45.3 Å². The summed E-state index contributed by atoms with van der Waals surface area (Å²) in [5, 5.41) is 5.32. The molecule has 0 spiro atoms. The number of nitrogens with zero attached hydrogens (tertiary/aromatic N) is 2. The molecule has 2 fully saturated rings. The molecule has 2 aliphatic heterocycles. The van der Waals surface area contributed by atoms with Crippen LogP contribution in [0.15, 0.2) is 24.3 Å². The highest BCUT2D eigenvalue weighted by Gasteiger charge is 2.43. The summed E-state index contributed by atoms with van der Waals surface area (Å²) >= 11 is 0. The van der Waals surface area contributed by atoms with Crippen LogP contribution in [0.25, 0.3) is 0 Å². The first-order chi connectivity index (χ1) is 15.2. The van der Waals surface area contributed by atoms with Crippen molar-refractivity contribution >= 4 is 35.2 Å². The van der Waals surface area contributed by atoms with Gasteiger partial charge in [0.1, 0.15) is 5.54 Å². The molecule has 2 saturated heterocycles. The van der Waals surface area contributed by atoms with Gasteiger partial charge in [0.05, 0.1) is 13.2 Å². The van der Waals surface area contributed by atoms with Crippen molar-refractivity contribution in [3.05, 3.63) is 24.3 Å². The third kappa shape index (κ3) is 5.76. The van der Waals surface area contributed by atoms with Gasteiger partial charge in [0.15, 0.2) is 6.10 Å². The van der Waals surface area contributed by atoms with Gasteiger partial charge in [-0.3, -0.25) is 19.3 Å². The van der Waals surface area contributed by atoms with Crippen molar-refractivity contribution in [3.63, 3.8) is 0 Å². The smallest absolute Gasteiger partial charge is 0.325 e. The molecule has 3 rings (SSSR count). The van der Waals surface area contributed by atoms with Gasteiger partial charge >= 0.3 is 12.0 Å². The minimum absolute atomic E-state index is 0.0106. The fourth-order valence-electron chi connectivity index (χ4n) is 3.53. The molecule has 0 unspecified atom stereocenters. The van der Waals surface area contributed by atoms with E-state index >= 15 is 0 Å². The third-order valence-electron chi connectivity index (χ3n) is 5.40. The molecule has 2 heterocycles. The van der Waals surface area contributed by atoms with Crippen LogP contribution >= 0.6 is 0 Å². The van der Waals surface area contributed by atoms with Crippen molar-refractivity contribution in [2.24, 2.45) is 0 Å². The van der Waals surface area contributed by atoms with E-state index in [0.29, 0.717) is 18.9 Å². The lowest BCUT2D eigenvalue weighted by molar-refractivity contribution is -0.153. The van der Waals surface area contributed by atoms with E-state index in [-0.39, 0.29) is 25.3 Å². The number of carbonyl (C=O) groups excluding carboxylic acids is 4. The van der Waals surface area contributed by atoms with Crippen LogP contribution in [-0.2, 0) is 23.9 Å². The molecule has 2 aliphatic rings. The average molecular weight is 447 g/mol. The maximum absolute atomic E-state index is 12.4. The minimum atomic E-state index is -0.975. The van der Waals surface area contributed by atoms with E-state index in [4.69, 9.17) is 9.47 Å². The van der Waals surface area contributed by atoms with Crippen LogP contribution in [0.4, 0.5) is 16.2 Å². The maximum Gasteiger partial charge on any atom is 0.325 e. The zero-order valence-electron chi connectivity index (χ0n) is 18.7. The van der Waals surface area contributed by atoms with Crippen LogP contribution in [0.5, 0.6) is 0 Å². The Labute approximate surface area is 187 Å². The number of ether oxygens (including phenoxy) is 2. The standard InChI is InChI=1S/C22H30N4O6/c1-15(32-18(27)5-4-10-26-20(29)22(2,3)24-21(26)30)19(28)23-16-6-8-17(9-7-16)25-11-13-31-14-12-25/h6-9,15H,4-5,10-14H2,1-3H3,(H,23,28)(H,24,30)/t15-/m0/s1. The summed E-state index contributed by atoms with van der Waals surface area (Å²) in [6, 6.07) is 6.98. The van der Waals surface area contributed by atoms with Crippen LogP contribution in [0, 0.1) is 0 Å². The lowest BCUT2D eigenvalue weighted by Gasteiger charge is -2.28. The van der Waals surface area contributed by atoms with E-state index in [1.807, 2.05) is 12.1 Å². The second kappa shape index (κ2) is 9.99. The molecule has 1 aromatic carbocycles. The summed E-state index contributed by atoms with van der Waals surface area (Å²) < 4.78 is 10.5. The Kier molecular flexibility index (Phi) is 7.34. The molecule has 0 radical (unpaired) electrons. The van der Waals surface area contributed by atoms with Crippen LogP contribution in [-0.4, -0.2) is 73.2 Å². The molecule has 0 bridgehead atoms. The fraction of sp³-hybridized carbons (Fsp3) is 0.545. The number of hydrogen-bond acceptors (Lipinski definition) is 7. The summed E-state index contributed by atoms with van der Waals surface area (Å²) in [5.41, 5.74) is 0.723. The lowest BCUT2D eigenvalue weighted by atomic mass is 10.1. The second-order valence-electron chi connectivity index (χ2n) is 8.38. The molecule has 0 saturated carbocycles. The highest BCUT2D eigenvalue weighted by molar-refractivity contribution is 6.06. The molecule has 174 valence electrons. The van der Waals surface area contributed by atoms with E-state index < -0.39 is 29.6 Å². The Hall–Kier alpha value is -3.14. The minimum Gasteiger partial charge on any atom is -0.453 e. The first-order valence-corrected chi connectivity index (χ1v) is 10.7. The number of benzene rings is 1. The molecule has 2 N–H and O–H groups in total. The normalized spacial score (nSPS) is 18.8. The summed E-state index contributed by atoms with van der Waals surface area (Å²) in [4.78, 5) is 51.7. The Morgan fingerprint density at radius 2 is 1.84 bits per heavy atom. The second-order valence-corrected chi connectivity index (χ2v) is 8.38. The molecule has 10 heteroatoms. The first kappa shape index (κ1) is 23.5. The third-order valence-corrected chi connectivity index (χ3v) is 5.40. The largest absolute Gasteiger partial charge is 0.453 e. The zero-order valence-corrected chi connectivity index (χ0v) is 18.7. The number of morpholine rings is 1. The molecule has 1 atom stereocenters. The predicted octanol–water partition coefficient (Wildman–Crippen LogP) is 1.50. The van der Waals surface area contributed by atoms with Crippen LogP contribution in [0.1, 0.15) is 33.6 Å². The molecule has 10 nitrogen and oxygen atoms in total. The van der Waals surface area contributed by atoms with Gasteiger partial charge < -0.3 is 25.0 Å². The summed E-state index contributed by atoms with van der Waals surface area (Å²) in [6.07, 6.45) is -0.730. The number of esters is 1. The van der Waals surface area contributed by atoms with Crippen LogP contribution < -0.4 is 15.5 Å². The maximum atomic E-state index is 12.4. The number of imide groups is 1. The number of rotatable bonds is 8. The van der Waals surface area contributed by atoms with Crippen LogP contribution in [0.2, 0.25) is 0 Å². The number of nitrogens with one attached hydrogen (secondary N) is 2. The number of carbonyl (C=O) groups is 4. The van der Waals surface area contributed by atoms with E-state index in [9.17, 15) is 19.2 Å². The summed E-state index contributed by atoms with van der Waals surface area (Å²) in [5.74, 6) is -1.33.